The van der Waals surface area contributed by atoms with Gasteiger partial charge in [-0.2, -0.15) is 0 Å². The van der Waals surface area contributed by atoms with E-state index in [1.165, 1.54) is 6.07 Å². The Morgan fingerprint density at radius 2 is 2.11 bits per heavy atom. The molecular formula is C14H16ClFN2. The van der Waals surface area contributed by atoms with Crippen molar-refractivity contribution >= 4 is 11.6 Å². The molecule has 2 aromatic rings. The molecular weight excluding hydrogens is 251 g/mol. The largest absolute Gasteiger partial charge is 0.347 e. The van der Waals surface area contributed by atoms with Crippen LogP contribution in [0.25, 0.3) is 0 Å². The topological polar surface area (TPSA) is 30.9 Å². The molecule has 0 aliphatic rings. The van der Waals surface area contributed by atoms with Crippen LogP contribution in [-0.4, -0.2) is 10.6 Å². The molecule has 0 aliphatic heterocycles. The van der Waals surface area contributed by atoms with Crippen molar-refractivity contribution in [1.82, 2.24) is 4.57 Å². The monoisotopic (exact) mass is 266 g/mol. The van der Waals surface area contributed by atoms with Gasteiger partial charge in [-0.25, -0.2) is 4.39 Å². The molecule has 1 heterocycles. The summed E-state index contributed by atoms with van der Waals surface area (Å²) in [4.78, 5) is 0. The van der Waals surface area contributed by atoms with Crippen molar-refractivity contribution in [3.05, 3.63) is 58.6 Å². The lowest BCUT2D eigenvalue weighted by atomic mass is 10.1. The minimum atomic E-state index is -0.275. The number of benzene rings is 1. The van der Waals surface area contributed by atoms with Gasteiger partial charge in [0.2, 0.25) is 0 Å². The highest BCUT2D eigenvalue weighted by molar-refractivity contribution is 6.31. The lowest BCUT2D eigenvalue weighted by Gasteiger charge is -2.12. The van der Waals surface area contributed by atoms with Crippen molar-refractivity contribution in [3.63, 3.8) is 0 Å². The van der Waals surface area contributed by atoms with Crippen LogP contribution >= 0.6 is 11.6 Å². The van der Waals surface area contributed by atoms with Gasteiger partial charge in [0, 0.05) is 34.9 Å². The molecule has 0 aliphatic carbocycles. The van der Waals surface area contributed by atoms with Crippen molar-refractivity contribution in [1.29, 1.82) is 0 Å². The van der Waals surface area contributed by atoms with Crippen LogP contribution < -0.4 is 5.73 Å². The molecule has 96 valence electrons. The molecule has 2 N–H and O–H groups in total. The first kappa shape index (κ1) is 13.1. The van der Waals surface area contributed by atoms with Crippen LogP contribution in [0.3, 0.4) is 0 Å². The first-order valence-corrected chi connectivity index (χ1v) is 6.28. The van der Waals surface area contributed by atoms with E-state index in [1.54, 1.807) is 12.1 Å². The quantitative estimate of drug-likeness (QED) is 0.905. The molecule has 0 saturated heterocycles. The number of rotatable bonds is 4. The Balaban J connectivity index is 2.26. The van der Waals surface area contributed by atoms with Crippen molar-refractivity contribution in [2.24, 2.45) is 5.73 Å². The first-order chi connectivity index (χ1) is 8.58. The normalized spacial score (nSPS) is 12.7. The van der Waals surface area contributed by atoms with Gasteiger partial charge in [0.1, 0.15) is 5.82 Å². The molecule has 0 fully saturated rings. The molecule has 1 unspecified atom stereocenters. The Morgan fingerprint density at radius 3 is 2.78 bits per heavy atom. The number of nitrogens with zero attached hydrogens (tertiary/aromatic N) is 1. The van der Waals surface area contributed by atoms with Gasteiger partial charge in [-0.15, -0.1) is 0 Å². The summed E-state index contributed by atoms with van der Waals surface area (Å²) in [7, 11) is 0. The van der Waals surface area contributed by atoms with E-state index in [4.69, 9.17) is 17.3 Å². The number of aromatic nitrogens is 1. The molecule has 2 nitrogen and oxygen atoms in total. The van der Waals surface area contributed by atoms with E-state index in [2.05, 4.69) is 0 Å². The lowest BCUT2D eigenvalue weighted by molar-refractivity contribution is 0.591. The summed E-state index contributed by atoms with van der Waals surface area (Å²) in [6.07, 6.45) is 2.68. The summed E-state index contributed by atoms with van der Waals surface area (Å²) in [5.74, 6) is -0.275. The van der Waals surface area contributed by atoms with E-state index in [0.29, 0.717) is 17.1 Å². The average molecular weight is 267 g/mol. The third-order valence-corrected chi connectivity index (χ3v) is 3.20. The van der Waals surface area contributed by atoms with E-state index in [0.717, 1.165) is 12.1 Å². The summed E-state index contributed by atoms with van der Waals surface area (Å²) in [6, 6.07) is 8.75. The van der Waals surface area contributed by atoms with E-state index in [1.807, 2.05) is 29.8 Å². The molecule has 18 heavy (non-hydrogen) atoms. The molecule has 1 atom stereocenters. The summed E-state index contributed by atoms with van der Waals surface area (Å²) >= 11 is 6.03. The lowest BCUT2D eigenvalue weighted by Crippen LogP contribution is -2.20. The van der Waals surface area contributed by atoms with Gasteiger partial charge in [0.25, 0.3) is 0 Å². The molecule has 1 aromatic carbocycles. The Morgan fingerprint density at radius 1 is 1.33 bits per heavy atom. The highest BCUT2D eigenvalue weighted by Gasteiger charge is 2.10. The zero-order valence-electron chi connectivity index (χ0n) is 10.2. The van der Waals surface area contributed by atoms with Crippen molar-refractivity contribution in [2.75, 3.05) is 0 Å². The van der Waals surface area contributed by atoms with Gasteiger partial charge in [-0.3, -0.25) is 0 Å². The Labute approximate surface area is 111 Å². The van der Waals surface area contributed by atoms with E-state index in [9.17, 15) is 4.39 Å². The summed E-state index contributed by atoms with van der Waals surface area (Å²) in [5.41, 5.74) is 7.39. The molecule has 1 aromatic heterocycles. The maximum atomic E-state index is 13.7. The summed E-state index contributed by atoms with van der Waals surface area (Å²) in [5, 5.41) is 0.454. The standard InChI is InChI=1S/C14H16ClFN2/c1-10(17)8-11-4-3-7-18(11)9-12-13(15)5-2-6-14(12)16/h2-7,10H,8-9,17H2,1H3. The Bertz CT molecular complexity index is 514. The molecule has 2 rings (SSSR count). The van der Waals surface area contributed by atoms with Gasteiger partial charge >= 0.3 is 0 Å². The minimum Gasteiger partial charge on any atom is -0.347 e. The Kier molecular flexibility index (Phi) is 4.04. The zero-order chi connectivity index (χ0) is 13.1. The maximum absolute atomic E-state index is 13.7. The molecule has 0 spiro atoms. The zero-order valence-corrected chi connectivity index (χ0v) is 11.0. The van der Waals surface area contributed by atoms with Crippen LogP contribution in [0.5, 0.6) is 0 Å². The number of hydrogen-bond donors (Lipinski definition) is 1. The maximum Gasteiger partial charge on any atom is 0.129 e. The van der Waals surface area contributed by atoms with Gasteiger partial charge in [0.15, 0.2) is 0 Å². The minimum absolute atomic E-state index is 0.0785. The second kappa shape index (κ2) is 5.55. The predicted octanol–water partition coefficient (Wildman–Crippen LogP) is 3.22. The predicted molar refractivity (Wildman–Crippen MR) is 72.3 cm³/mol. The molecule has 0 bridgehead atoms. The highest BCUT2D eigenvalue weighted by Crippen LogP contribution is 2.21. The Hall–Kier alpha value is -1.32. The van der Waals surface area contributed by atoms with Crippen molar-refractivity contribution in [2.45, 2.75) is 25.9 Å². The molecule has 4 heteroatoms. The van der Waals surface area contributed by atoms with Gasteiger partial charge < -0.3 is 10.3 Å². The van der Waals surface area contributed by atoms with Crippen LogP contribution in [0.15, 0.2) is 36.5 Å². The van der Waals surface area contributed by atoms with Crippen molar-refractivity contribution < 1.29 is 4.39 Å². The van der Waals surface area contributed by atoms with Gasteiger partial charge in [0.05, 0.1) is 6.54 Å². The second-order valence-electron chi connectivity index (χ2n) is 4.51. The highest BCUT2D eigenvalue weighted by atomic mass is 35.5. The molecule has 0 radical (unpaired) electrons. The number of hydrogen-bond acceptors (Lipinski definition) is 1. The summed E-state index contributed by atoms with van der Waals surface area (Å²) < 4.78 is 15.7. The fourth-order valence-electron chi connectivity index (χ4n) is 1.97. The molecule has 0 saturated carbocycles. The van der Waals surface area contributed by atoms with Crippen LogP contribution in [0.1, 0.15) is 18.2 Å². The smallest absolute Gasteiger partial charge is 0.129 e. The van der Waals surface area contributed by atoms with Crippen LogP contribution in [0, 0.1) is 5.82 Å². The second-order valence-corrected chi connectivity index (χ2v) is 4.92. The third kappa shape index (κ3) is 2.92. The third-order valence-electron chi connectivity index (χ3n) is 2.84. The molecule has 0 amide bonds. The average Bonchev–Trinajstić information content (AvgIpc) is 2.70. The first-order valence-electron chi connectivity index (χ1n) is 5.90. The number of nitrogens with two attached hydrogens (primary N) is 1. The SMILES string of the molecule is CC(N)Cc1cccn1Cc1c(F)cccc1Cl. The van der Waals surface area contributed by atoms with E-state index < -0.39 is 0 Å². The fraction of sp³-hybridized carbons (Fsp3) is 0.286. The van der Waals surface area contributed by atoms with Gasteiger partial charge in [-0.1, -0.05) is 17.7 Å². The number of halogens is 2. The van der Waals surface area contributed by atoms with Crippen LogP contribution in [-0.2, 0) is 13.0 Å². The van der Waals surface area contributed by atoms with E-state index in [-0.39, 0.29) is 11.9 Å². The van der Waals surface area contributed by atoms with Gasteiger partial charge in [-0.05, 0) is 31.2 Å². The summed E-state index contributed by atoms with van der Waals surface area (Å²) in [6.45, 7) is 2.38. The van der Waals surface area contributed by atoms with Crippen LogP contribution in [0.4, 0.5) is 4.39 Å². The van der Waals surface area contributed by atoms with E-state index >= 15 is 0 Å². The fourth-order valence-corrected chi connectivity index (χ4v) is 2.20. The van der Waals surface area contributed by atoms with Crippen molar-refractivity contribution in [3.8, 4) is 0 Å². The van der Waals surface area contributed by atoms with Crippen LogP contribution in [0.2, 0.25) is 5.02 Å².